The molecule has 1 unspecified atom stereocenters. The van der Waals surface area contributed by atoms with Gasteiger partial charge in [-0.25, -0.2) is 17.5 Å². The van der Waals surface area contributed by atoms with Gasteiger partial charge < -0.3 is 15.4 Å². The lowest BCUT2D eigenvalue weighted by Gasteiger charge is -2.21. The van der Waals surface area contributed by atoms with Gasteiger partial charge in [0, 0.05) is 24.7 Å². The van der Waals surface area contributed by atoms with Crippen molar-refractivity contribution in [2.75, 3.05) is 31.3 Å². The van der Waals surface area contributed by atoms with Crippen molar-refractivity contribution in [2.45, 2.75) is 28.9 Å². The molecule has 0 bridgehead atoms. The Morgan fingerprint density at radius 3 is 2.59 bits per heavy atom. The number of carbonyl (C=O) groups excluding carboxylic acids is 3. The topological polar surface area (TPSA) is 122 Å². The molecule has 11 heteroatoms. The summed E-state index contributed by atoms with van der Waals surface area (Å²) in [6, 6.07) is 9.28. The van der Waals surface area contributed by atoms with Crippen LogP contribution in [0.2, 0.25) is 0 Å². The Kier molecular flexibility index (Phi) is 6.91. The van der Waals surface area contributed by atoms with Gasteiger partial charge in [-0.15, -0.1) is 11.8 Å². The minimum Gasteiger partial charge on any atom is -0.452 e. The molecule has 1 aliphatic heterocycles. The molecule has 0 aliphatic carbocycles. The van der Waals surface area contributed by atoms with E-state index in [1.807, 2.05) is 0 Å². The summed E-state index contributed by atoms with van der Waals surface area (Å²) in [5, 5.41) is 5.04. The number of aryl methyl sites for hydroxylation is 1. The van der Waals surface area contributed by atoms with Crippen LogP contribution in [0.4, 0.5) is 11.4 Å². The van der Waals surface area contributed by atoms with Crippen LogP contribution in [0.1, 0.15) is 22.8 Å². The highest BCUT2D eigenvalue weighted by Crippen LogP contribution is 2.36. The van der Waals surface area contributed by atoms with Crippen molar-refractivity contribution < 1.29 is 27.5 Å². The molecule has 2 N–H and O–H groups in total. The SMILES string of the molecule is Cc1ccc(NC(=O)COC(=O)c2ccc3c(c2)NC(=O)C(C)S3)cc1S(=O)(=O)N(C)C. The molecule has 0 saturated carbocycles. The number of ether oxygens (including phenoxy) is 1. The summed E-state index contributed by atoms with van der Waals surface area (Å²) in [5.41, 5.74) is 1.52. The van der Waals surface area contributed by atoms with Crippen molar-refractivity contribution in [3.63, 3.8) is 0 Å². The second-order valence-corrected chi connectivity index (χ2v) is 10.9. The van der Waals surface area contributed by atoms with E-state index in [2.05, 4.69) is 10.6 Å². The van der Waals surface area contributed by atoms with Gasteiger partial charge in [-0.2, -0.15) is 0 Å². The van der Waals surface area contributed by atoms with Crippen LogP contribution in [-0.2, 0) is 24.3 Å². The van der Waals surface area contributed by atoms with Gasteiger partial charge in [-0.3, -0.25) is 9.59 Å². The fourth-order valence-corrected chi connectivity index (χ4v) is 4.97. The summed E-state index contributed by atoms with van der Waals surface area (Å²) in [6.45, 7) is 2.89. The molecule has 9 nitrogen and oxygen atoms in total. The molecule has 1 heterocycles. The predicted molar refractivity (Wildman–Crippen MR) is 121 cm³/mol. The first kappa shape index (κ1) is 23.8. The fraction of sp³-hybridized carbons (Fsp3) is 0.286. The van der Waals surface area contributed by atoms with E-state index in [9.17, 15) is 22.8 Å². The number of carbonyl (C=O) groups is 3. The Bertz CT molecular complexity index is 1190. The molecule has 1 atom stereocenters. The standard InChI is InChI=1S/C21H23N3O6S2/c1-12-5-7-15(10-18(12)32(28,29)24(3)4)22-19(25)11-30-21(27)14-6-8-17-16(9-14)23-20(26)13(2)31-17/h5-10,13H,11H2,1-4H3,(H,22,25)(H,23,26). The summed E-state index contributed by atoms with van der Waals surface area (Å²) in [7, 11) is -0.835. The molecule has 0 fully saturated rings. The third-order valence-corrected chi connectivity index (χ3v) is 7.85. The van der Waals surface area contributed by atoms with Crippen LogP contribution in [-0.4, -0.2) is 56.5 Å². The van der Waals surface area contributed by atoms with Gasteiger partial charge in [0.2, 0.25) is 15.9 Å². The lowest BCUT2D eigenvalue weighted by atomic mass is 10.2. The van der Waals surface area contributed by atoms with E-state index in [1.165, 1.54) is 38.0 Å². The fourth-order valence-electron chi connectivity index (χ4n) is 2.90. The van der Waals surface area contributed by atoms with Gasteiger partial charge in [0.15, 0.2) is 6.61 Å². The first-order valence-corrected chi connectivity index (χ1v) is 11.9. The van der Waals surface area contributed by atoms with Crippen molar-refractivity contribution in [3.8, 4) is 0 Å². The third kappa shape index (κ3) is 5.12. The van der Waals surface area contributed by atoms with E-state index in [1.54, 1.807) is 38.1 Å². The Labute approximate surface area is 190 Å². The Morgan fingerprint density at radius 2 is 1.91 bits per heavy atom. The minimum absolute atomic E-state index is 0.0700. The zero-order chi connectivity index (χ0) is 23.6. The average molecular weight is 478 g/mol. The van der Waals surface area contributed by atoms with Crippen LogP contribution < -0.4 is 10.6 Å². The van der Waals surface area contributed by atoms with E-state index >= 15 is 0 Å². The number of hydrogen-bond acceptors (Lipinski definition) is 7. The highest BCUT2D eigenvalue weighted by Gasteiger charge is 2.24. The summed E-state index contributed by atoms with van der Waals surface area (Å²) in [6.07, 6.45) is 0. The lowest BCUT2D eigenvalue weighted by Crippen LogP contribution is -2.26. The molecule has 1 aliphatic rings. The molecule has 0 spiro atoms. The predicted octanol–water partition coefficient (Wildman–Crippen LogP) is 2.47. The molecular formula is C21H23N3O6S2. The maximum atomic E-state index is 12.4. The molecular weight excluding hydrogens is 454 g/mol. The van der Waals surface area contributed by atoms with Crippen molar-refractivity contribution in [1.82, 2.24) is 4.31 Å². The maximum Gasteiger partial charge on any atom is 0.338 e. The highest BCUT2D eigenvalue weighted by atomic mass is 32.2. The number of thioether (sulfide) groups is 1. The lowest BCUT2D eigenvalue weighted by molar-refractivity contribution is -0.119. The number of nitrogens with zero attached hydrogens (tertiary/aromatic N) is 1. The normalized spacial score (nSPS) is 15.7. The number of rotatable bonds is 6. The molecule has 0 aromatic heterocycles. The Balaban J connectivity index is 1.64. The molecule has 3 rings (SSSR count). The Morgan fingerprint density at radius 1 is 1.19 bits per heavy atom. The second-order valence-electron chi connectivity index (χ2n) is 7.35. The molecule has 0 saturated heterocycles. The maximum absolute atomic E-state index is 12.4. The molecule has 2 amide bonds. The zero-order valence-electron chi connectivity index (χ0n) is 18.0. The highest BCUT2D eigenvalue weighted by molar-refractivity contribution is 8.01. The van der Waals surface area contributed by atoms with Crippen molar-refractivity contribution in [3.05, 3.63) is 47.5 Å². The van der Waals surface area contributed by atoms with Gasteiger partial charge in [0.05, 0.1) is 21.4 Å². The molecule has 2 aromatic carbocycles. The van der Waals surface area contributed by atoms with Crippen LogP contribution in [0, 0.1) is 6.92 Å². The van der Waals surface area contributed by atoms with Gasteiger partial charge in [-0.05, 0) is 49.7 Å². The van der Waals surface area contributed by atoms with Gasteiger partial charge >= 0.3 is 5.97 Å². The summed E-state index contributed by atoms with van der Waals surface area (Å²) >= 11 is 1.39. The number of hydrogen-bond donors (Lipinski definition) is 2. The number of benzene rings is 2. The molecule has 2 aromatic rings. The van der Waals surface area contributed by atoms with Crippen LogP contribution in [0.3, 0.4) is 0 Å². The Hall–Kier alpha value is -2.89. The first-order valence-electron chi connectivity index (χ1n) is 9.61. The van der Waals surface area contributed by atoms with Crippen LogP contribution in [0.5, 0.6) is 0 Å². The van der Waals surface area contributed by atoms with Crippen molar-refractivity contribution >= 4 is 50.9 Å². The summed E-state index contributed by atoms with van der Waals surface area (Å²) in [5.74, 6) is -1.49. The molecule has 170 valence electrons. The van der Waals surface area contributed by atoms with Crippen molar-refractivity contribution in [2.24, 2.45) is 0 Å². The van der Waals surface area contributed by atoms with Gasteiger partial charge in [0.1, 0.15) is 0 Å². The number of sulfonamides is 1. The zero-order valence-corrected chi connectivity index (χ0v) is 19.6. The second kappa shape index (κ2) is 9.31. The number of nitrogens with one attached hydrogen (secondary N) is 2. The van der Waals surface area contributed by atoms with E-state index in [0.717, 1.165) is 9.20 Å². The smallest absolute Gasteiger partial charge is 0.338 e. The quantitative estimate of drug-likeness (QED) is 0.613. The third-order valence-electron chi connectivity index (χ3n) is 4.71. The van der Waals surface area contributed by atoms with E-state index in [-0.39, 0.29) is 27.3 Å². The van der Waals surface area contributed by atoms with E-state index < -0.39 is 28.5 Å². The largest absolute Gasteiger partial charge is 0.452 e. The first-order chi connectivity index (χ1) is 15.0. The minimum atomic E-state index is -3.68. The van der Waals surface area contributed by atoms with E-state index in [0.29, 0.717) is 11.3 Å². The van der Waals surface area contributed by atoms with Crippen LogP contribution in [0.25, 0.3) is 0 Å². The number of fused-ring (bicyclic) bond motifs is 1. The number of anilines is 2. The van der Waals surface area contributed by atoms with Crippen LogP contribution in [0.15, 0.2) is 46.2 Å². The molecule has 0 radical (unpaired) electrons. The average Bonchev–Trinajstić information content (AvgIpc) is 2.73. The monoisotopic (exact) mass is 477 g/mol. The summed E-state index contributed by atoms with van der Waals surface area (Å²) in [4.78, 5) is 37.3. The van der Waals surface area contributed by atoms with Crippen LogP contribution >= 0.6 is 11.8 Å². The number of esters is 1. The van der Waals surface area contributed by atoms with Gasteiger partial charge in [0.25, 0.3) is 5.91 Å². The van der Waals surface area contributed by atoms with Gasteiger partial charge in [-0.1, -0.05) is 6.07 Å². The number of amides is 2. The van der Waals surface area contributed by atoms with Crippen molar-refractivity contribution in [1.29, 1.82) is 0 Å². The van der Waals surface area contributed by atoms with E-state index in [4.69, 9.17) is 4.74 Å². The molecule has 32 heavy (non-hydrogen) atoms. The summed E-state index contributed by atoms with van der Waals surface area (Å²) < 4.78 is 31.0.